The number of aromatic nitrogens is 2. The molecule has 2 aliphatic heterocycles. The van der Waals surface area contributed by atoms with Gasteiger partial charge in [-0.1, -0.05) is 18.2 Å². The van der Waals surface area contributed by atoms with Crippen molar-refractivity contribution < 1.29 is 13.9 Å². The maximum atomic E-state index is 5.76. The van der Waals surface area contributed by atoms with Crippen LogP contribution < -0.4 is 0 Å². The van der Waals surface area contributed by atoms with Crippen LogP contribution in [0.2, 0.25) is 0 Å². The lowest BCUT2D eigenvalue weighted by Crippen LogP contribution is -2.45. The van der Waals surface area contributed by atoms with E-state index in [9.17, 15) is 0 Å². The van der Waals surface area contributed by atoms with Crippen molar-refractivity contribution in [3.63, 3.8) is 0 Å². The Morgan fingerprint density at radius 2 is 1.74 bits per heavy atom. The molecule has 3 heterocycles. The zero-order valence-corrected chi connectivity index (χ0v) is 13.1. The molecule has 0 atom stereocenters. The van der Waals surface area contributed by atoms with Crippen LogP contribution >= 0.6 is 0 Å². The first kappa shape index (κ1) is 14.8. The molecule has 1 aromatic carbocycles. The minimum atomic E-state index is -0.304. The second-order valence-electron chi connectivity index (χ2n) is 6.07. The Morgan fingerprint density at radius 1 is 1.00 bits per heavy atom. The Hall–Kier alpha value is -1.76. The van der Waals surface area contributed by atoms with Crippen LogP contribution in [-0.4, -0.2) is 53.7 Å². The van der Waals surface area contributed by atoms with E-state index in [1.165, 1.54) is 0 Å². The van der Waals surface area contributed by atoms with Crippen molar-refractivity contribution in [3.05, 3.63) is 36.2 Å². The molecule has 2 saturated heterocycles. The summed E-state index contributed by atoms with van der Waals surface area (Å²) in [6, 6.07) is 9.86. The van der Waals surface area contributed by atoms with Crippen molar-refractivity contribution in [1.29, 1.82) is 0 Å². The highest BCUT2D eigenvalue weighted by Gasteiger charge is 2.39. The number of hydrogen-bond donors (Lipinski definition) is 0. The van der Waals surface area contributed by atoms with Crippen LogP contribution in [-0.2, 0) is 15.9 Å². The fourth-order valence-electron chi connectivity index (χ4n) is 3.21. The minimum Gasteiger partial charge on any atom is -0.421 e. The van der Waals surface area contributed by atoms with E-state index in [4.69, 9.17) is 13.9 Å². The average molecular weight is 315 g/mol. The van der Waals surface area contributed by atoms with Crippen molar-refractivity contribution in [3.8, 4) is 11.5 Å². The van der Waals surface area contributed by atoms with Crippen LogP contribution in [0.15, 0.2) is 34.7 Å². The van der Waals surface area contributed by atoms with Gasteiger partial charge in [0.15, 0.2) is 5.79 Å². The van der Waals surface area contributed by atoms with E-state index in [1.807, 2.05) is 30.3 Å². The Labute approximate surface area is 135 Å². The molecule has 2 aromatic rings. The van der Waals surface area contributed by atoms with E-state index < -0.39 is 0 Å². The highest BCUT2D eigenvalue weighted by molar-refractivity contribution is 5.51. The first-order chi connectivity index (χ1) is 11.3. The SMILES string of the molecule is c1ccc(-c2nnc(CCN3CCC4(CC3)OCCO4)o2)cc1. The minimum absolute atomic E-state index is 0.304. The van der Waals surface area contributed by atoms with E-state index in [2.05, 4.69) is 15.1 Å². The number of rotatable bonds is 4. The van der Waals surface area contributed by atoms with Gasteiger partial charge in [-0.3, -0.25) is 0 Å². The predicted molar refractivity (Wildman–Crippen MR) is 83.7 cm³/mol. The summed E-state index contributed by atoms with van der Waals surface area (Å²) >= 11 is 0. The summed E-state index contributed by atoms with van der Waals surface area (Å²) in [5.74, 6) is 0.977. The van der Waals surface area contributed by atoms with Gasteiger partial charge in [-0.25, -0.2) is 0 Å². The zero-order chi connectivity index (χ0) is 15.5. The fourth-order valence-corrected chi connectivity index (χ4v) is 3.21. The van der Waals surface area contributed by atoms with Gasteiger partial charge in [0.2, 0.25) is 11.8 Å². The Bertz CT molecular complexity index is 628. The lowest BCUT2D eigenvalue weighted by Gasteiger charge is -2.37. The topological polar surface area (TPSA) is 60.6 Å². The van der Waals surface area contributed by atoms with Gasteiger partial charge in [0.05, 0.1) is 13.2 Å². The molecule has 0 aliphatic carbocycles. The molecule has 0 saturated carbocycles. The molecule has 6 heteroatoms. The molecule has 23 heavy (non-hydrogen) atoms. The lowest BCUT2D eigenvalue weighted by molar-refractivity contribution is -0.185. The molecule has 0 amide bonds. The molecule has 1 spiro atoms. The van der Waals surface area contributed by atoms with Crippen LogP contribution in [0.4, 0.5) is 0 Å². The summed E-state index contributed by atoms with van der Waals surface area (Å²) in [5.41, 5.74) is 0.960. The lowest BCUT2D eigenvalue weighted by atomic mass is 10.0. The van der Waals surface area contributed by atoms with Crippen LogP contribution in [0.1, 0.15) is 18.7 Å². The van der Waals surface area contributed by atoms with Crippen LogP contribution in [0.25, 0.3) is 11.5 Å². The quantitative estimate of drug-likeness (QED) is 0.861. The molecule has 122 valence electrons. The van der Waals surface area contributed by atoms with Crippen LogP contribution in [0.5, 0.6) is 0 Å². The molecule has 0 N–H and O–H groups in total. The molecule has 1 aromatic heterocycles. The van der Waals surface area contributed by atoms with E-state index >= 15 is 0 Å². The van der Waals surface area contributed by atoms with E-state index in [0.717, 1.165) is 57.7 Å². The molecular formula is C17H21N3O3. The summed E-state index contributed by atoms with van der Waals surface area (Å²) < 4.78 is 17.3. The number of nitrogens with zero attached hydrogens (tertiary/aromatic N) is 3. The summed E-state index contributed by atoms with van der Waals surface area (Å²) in [6.45, 7) is 4.35. The fraction of sp³-hybridized carbons (Fsp3) is 0.529. The molecule has 0 bridgehead atoms. The van der Waals surface area contributed by atoms with E-state index in [1.54, 1.807) is 0 Å². The maximum Gasteiger partial charge on any atom is 0.247 e. The zero-order valence-electron chi connectivity index (χ0n) is 13.1. The Kier molecular flexibility index (Phi) is 4.11. The second-order valence-corrected chi connectivity index (χ2v) is 6.07. The summed E-state index contributed by atoms with van der Waals surface area (Å²) in [5, 5.41) is 8.29. The molecule has 2 aliphatic rings. The second kappa shape index (κ2) is 6.39. The summed E-state index contributed by atoms with van der Waals surface area (Å²) in [7, 11) is 0. The van der Waals surface area contributed by atoms with Gasteiger partial charge in [-0.15, -0.1) is 10.2 Å². The molecule has 0 radical (unpaired) electrons. The first-order valence-electron chi connectivity index (χ1n) is 8.21. The standard InChI is InChI=1S/C17H21N3O3/c1-2-4-14(5-3-1)16-19-18-15(23-16)6-9-20-10-7-17(8-11-20)21-12-13-22-17/h1-5H,6-13H2. The highest BCUT2D eigenvalue weighted by atomic mass is 16.7. The van der Waals surface area contributed by atoms with Gasteiger partial charge in [-0.2, -0.15) is 0 Å². The number of benzene rings is 1. The van der Waals surface area contributed by atoms with Crippen molar-refractivity contribution in [2.75, 3.05) is 32.8 Å². The first-order valence-corrected chi connectivity index (χ1v) is 8.21. The summed E-state index contributed by atoms with van der Waals surface area (Å²) in [6.07, 6.45) is 2.65. The third-order valence-electron chi connectivity index (χ3n) is 4.56. The van der Waals surface area contributed by atoms with Gasteiger partial charge in [0, 0.05) is 44.5 Å². The smallest absolute Gasteiger partial charge is 0.247 e. The van der Waals surface area contributed by atoms with Gasteiger partial charge in [-0.05, 0) is 12.1 Å². The number of piperidine rings is 1. The van der Waals surface area contributed by atoms with Crippen molar-refractivity contribution in [2.24, 2.45) is 0 Å². The normalized spacial score (nSPS) is 21.0. The van der Waals surface area contributed by atoms with Crippen LogP contribution in [0.3, 0.4) is 0 Å². The van der Waals surface area contributed by atoms with Crippen LogP contribution in [0, 0.1) is 0 Å². The molecule has 6 nitrogen and oxygen atoms in total. The third-order valence-corrected chi connectivity index (χ3v) is 4.56. The molecule has 0 unspecified atom stereocenters. The number of likely N-dealkylation sites (tertiary alicyclic amines) is 1. The van der Waals surface area contributed by atoms with Gasteiger partial charge < -0.3 is 18.8 Å². The van der Waals surface area contributed by atoms with Gasteiger partial charge in [0.25, 0.3) is 0 Å². The monoisotopic (exact) mass is 315 g/mol. The highest BCUT2D eigenvalue weighted by Crippen LogP contribution is 2.31. The number of ether oxygens (including phenoxy) is 2. The predicted octanol–water partition coefficient (Wildman–Crippen LogP) is 2.12. The largest absolute Gasteiger partial charge is 0.421 e. The maximum absolute atomic E-state index is 5.76. The number of hydrogen-bond acceptors (Lipinski definition) is 6. The molecule has 4 rings (SSSR count). The van der Waals surface area contributed by atoms with Gasteiger partial charge >= 0.3 is 0 Å². The third kappa shape index (κ3) is 3.29. The molecular weight excluding hydrogens is 294 g/mol. The summed E-state index contributed by atoms with van der Waals surface area (Å²) in [4.78, 5) is 2.41. The molecule has 2 fully saturated rings. The van der Waals surface area contributed by atoms with E-state index in [0.29, 0.717) is 11.8 Å². The Morgan fingerprint density at radius 3 is 2.48 bits per heavy atom. The van der Waals surface area contributed by atoms with E-state index in [-0.39, 0.29) is 5.79 Å². The van der Waals surface area contributed by atoms with Crippen molar-refractivity contribution >= 4 is 0 Å². The van der Waals surface area contributed by atoms with Crippen molar-refractivity contribution in [1.82, 2.24) is 15.1 Å². The Balaban J connectivity index is 1.29. The average Bonchev–Trinajstić information content (AvgIpc) is 3.25. The van der Waals surface area contributed by atoms with Gasteiger partial charge in [0.1, 0.15) is 0 Å². The van der Waals surface area contributed by atoms with Crippen molar-refractivity contribution in [2.45, 2.75) is 25.0 Å².